The third kappa shape index (κ3) is 2.66. The normalized spacial score (nSPS) is 11.1. The molecule has 3 heteroatoms. The Bertz CT molecular complexity index is 1120. The smallest absolute Gasteiger partial charge is 0.149 e. The maximum absolute atomic E-state index is 14.2. The molecule has 0 spiro atoms. The standard InChI is InChI=1S/C23H17F2N/c1-14-15(2)22(26-23-18(14)7-5-9-21(23)25)17-12-10-16(11-13-17)19-6-3-4-8-20(19)24/h3-13H,1-2H3. The lowest BCUT2D eigenvalue weighted by molar-refractivity contribution is 0.631. The average molecular weight is 345 g/mol. The van der Waals surface area contributed by atoms with E-state index in [1.54, 1.807) is 18.2 Å². The molecule has 0 radical (unpaired) electrons. The van der Waals surface area contributed by atoms with Gasteiger partial charge in [0.2, 0.25) is 0 Å². The van der Waals surface area contributed by atoms with E-state index in [9.17, 15) is 8.78 Å². The van der Waals surface area contributed by atoms with Crippen molar-refractivity contribution in [3.63, 3.8) is 0 Å². The van der Waals surface area contributed by atoms with Crippen molar-refractivity contribution in [2.24, 2.45) is 0 Å². The molecule has 0 bridgehead atoms. The van der Waals surface area contributed by atoms with Crippen molar-refractivity contribution in [1.82, 2.24) is 4.98 Å². The number of benzene rings is 3. The minimum absolute atomic E-state index is 0.252. The Kier molecular flexibility index (Phi) is 4.00. The second kappa shape index (κ2) is 6.34. The van der Waals surface area contributed by atoms with Crippen molar-refractivity contribution in [2.75, 3.05) is 0 Å². The topological polar surface area (TPSA) is 12.9 Å². The molecule has 3 aromatic carbocycles. The Morgan fingerprint density at radius 1 is 0.654 bits per heavy atom. The second-order valence-corrected chi connectivity index (χ2v) is 6.40. The first-order valence-corrected chi connectivity index (χ1v) is 8.47. The van der Waals surface area contributed by atoms with Crippen LogP contribution in [0.15, 0.2) is 66.7 Å². The number of hydrogen-bond acceptors (Lipinski definition) is 1. The molecule has 0 N–H and O–H groups in total. The zero-order valence-corrected chi connectivity index (χ0v) is 14.6. The SMILES string of the molecule is Cc1c(-c2ccc(-c3ccccc3F)cc2)nc2c(F)cccc2c1C. The third-order valence-electron chi connectivity index (χ3n) is 4.88. The molecule has 128 valence electrons. The van der Waals surface area contributed by atoms with Gasteiger partial charge < -0.3 is 0 Å². The molecule has 26 heavy (non-hydrogen) atoms. The van der Waals surface area contributed by atoms with Gasteiger partial charge in [-0.15, -0.1) is 0 Å². The number of pyridine rings is 1. The van der Waals surface area contributed by atoms with E-state index in [0.717, 1.165) is 33.3 Å². The molecule has 0 saturated heterocycles. The van der Waals surface area contributed by atoms with Gasteiger partial charge in [0.25, 0.3) is 0 Å². The van der Waals surface area contributed by atoms with Crippen LogP contribution in [0.25, 0.3) is 33.3 Å². The van der Waals surface area contributed by atoms with Crippen molar-refractivity contribution in [2.45, 2.75) is 13.8 Å². The summed E-state index contributed by atoms with van der Waals surface area (Å²) in [6, 6.07) is 19.3. The molecular weight excluding hydrogens is 328 g/mol. The molecule has 0 amide bonds. The molecule has 0 aliphatic rings. The van der Waals surface area contributed by atoms with Crippen LogP contribution in [0.2, 0.25) is 0 Å². The number of rotatable bonds is 2. The maximum Gasteiger partial charge on any atom is 0.149 e. The van der Waals surface area contributed by atoms with Gasteiger partial charge in [-0.3, -0.25) is 0 Å². The molecule has 0 aliphatic heterocycles. The summed E-state index contributed by atoms with van der Waals surface area (Å²) in [7, 11) is 0. The van der Waals surface area contributed by atoms with Crippen LogP contribution in [0.3, 0.4) is 0 Å². The Labute approximate surface area is 151 Å². The quantitative estimate of drug-likeness (QED) is 0.406. The Morgan fingerprint density at radius 2 is 1.31 bits per heavy atom. The van der Waals surface area contributed by atoms with E-state index in [-0.39, 0.29) is 11.6 Å². The van der Waals surface area contributed by atoms with Crippen LogP contribution in [0.1, 0.15) is 11.1 Å². The molecule has 0 aliphatic carbocycles. The predicted octanol–water partition coefficient (Wildman–Crippen LogP) is 6.46. The molecule has 1 nitrogen and oxygen atoms in total. The third-order valence-corrected chi connectivity index (χ3v) is 4.88. The van der Waals surface area contributed by atoms with Crippen LogP contribution in [-0.4, -0.2) is 4.98 Å². The first-order valence-electron chi connectivity index (χ1n) is 8.47. The van der Waals surface area contributed by atoms with Gasteiger partial charge in [-0.25, -0.2) is 13.8 Å². The summed E-state index contributed by atoms with van der Waals surface area (Å²) in [4.78, 5) is 4.58. The summed E-state index contributed by atoms with van der Waals surface area (Å²) in [6.07, 6.45) is 0. The van der Waals surface area contributed by atoms with Gasteiger partial charge in [0.15, 0.2) is 0 Å². The fraction of sp³-hybridized carbons (Fsp3) is 0.0870. The van der Waals surface area contributed by atoms with Crippen LogP contribution >= 0.6 is 0 Å². The average Bonchev–Trinajstić information content (AvgIpc) is 2.66. The number of nitrogens with zero attached hydrogens (tertiary/aromatic N) is 1. The van der Waals surface area contributed by atoms with Gasteiger partial charge in [-0.05, 0) is 42.7 Å². The predicted molar refractivity (Wildman–Crippen MR) is 102 cm³/mol. The highest BCUT2D eigenvalue weighted by molar-refractivity contribution is 5.87. The van der Waals surface area contributed by atoms with E-state index >= 15 is 0 Å². The van der Waals surface area contributed by atoms with Crippen LogP contribution in [0.4, 0.5) is 8.78 Å². The molecule has 4 rings (SSSR count). The van der Waals surface area contributed by atoms with Gasteiger partial charge in [0.1, 0.15) is 17.2 Å². The number of aryl methyl sites for hydroxylation is 1. The lowest BCUT2D eigenvalue weighted by atomic mass is 9.97. The largest absolute Gasteiger partial charge is 0.244 e. The lowest BCUT2D eigenvalue weighted by Crippen LogP contribution is -1.96. The molecular formula is C23H17F2N. The van der Waals surface area contributed by atoms with Crippen molar-refractivity contribution in [1.29, 1.82) is 0 Å². The number of aromatic nitrogens is 1. The van der Waals surface area contributed by atoms with E-state index in [1.807, 2.05) is 50.2 Å². The monoisotopic (exact) mass is 345 g/mol. The van der Waals surface area contributed by atoms with E-state index in [2.05, 4.69) is 4.98 Å². The first-order chi connectivity index (χ1) is 12.6. The summed E-state index contributed by atoms with van der Waals surface area (Å²) < 4.78 is 28.2. The minimum Gasteiger partial charge on any atom is -0.244 e. The highest BCUT2D eigenvalue weighted by atomic mass is 19.1. The van der Waals surface area contributed by atoms with Gasteiger partial charge in [0.05, 0.1) is 5.69 Å². The number of fused-ring (bicyclic) bond motifs is 1. The lowest BCUT2D eigenvalue weighted by Gasteiger charge is -2.13. The molecule has 0 saturated carbocycles. The summed E-state index contributed by atoms with van der Waals surface area (Å²) in [5.74, 6) is -0.576. The van der Waals surface area contributed by atoms with Crippen LogP contribution in [-0.2, 0) is 0 Å². The van der Waals surface area contributed by atoms with Crippen LogP contribution < -0.4 is 0 Å². The molecule has 0 unspecified atom stereocenters. The van der Waals surface area contributed by atoms with Crippen molar-refractivity contribution in [3.8, 4) is 22.4 Å². The Morgan fingerprint density at radius 3 is 2.04 bits per heavy atom. The zero-order valence-electron chi connectivity index (χ0n) is 14.6. The minimum atomic E-state index is -0.324. The Hall–Kier alpha value is -3.07. The summed E-state index contributed by atoms with van der Waals surface area (Å²) in [5, 5.41) is 0.828. The van der Waals surface area contributed by atoms with Gasteiger partial charge in [0, 0.05) is 16.5 Å². The van der Waals surface area contributed by atoms with Gasteiger partial charge >= 0.3 is 0 Å². The van der Waals surface area contributed by atoms with Crippen molar-refractivity contribution in [3.05, 3.63) is 89.5 Å². The van der Waals surface area contributed by atoms with Gasteiger partial charge in [-0.2, -0.15) is 0 Å². The number of para-hydroxylation sites is 1. The molecule has 4 aromatic rings. The van der Waals surface area contributed by atoms with E-state index in [1.165, 1.54) is 12.1 Å². The summed E-state index contributed by atoms with van der Waals surface area (Å²) in [6.45, 7) is 3.97. The number of hydrogen-bond donors (Lipinski definition) is 0. The zero-order chi connectivity index (χ0) is 18.3. The fourth-order valence-corrected chi connectivity index (χ4v) is 3.29. The van der Waals surface area contributed by atoms with Crippen LogP contribution in [0.5, 0.6) is 0 Å². The fourth-order valence-electron chi connectivity index (χ4n) is 3.29. The van der Waals surface area contributed by atoms with E-state index in [4.69, 9.17) is 0 Å². The highest BCUT2D eigenvalue weighted by Crippen LogP contribution is 2.31. The molecule has 0 atom stereocenters. The van der Waals surface area contributed by atoms with Gasteiger partial charge in [-0.1, -0.05) is 54.6 Å². The second-order valence-electron chi connectivity index (χ2n) is 6.40. The Balaban J connectivity index is 1.85. The summed E-state index contributed by atoms with van der Waals surface area (Å²) in [5.41, 5.74) is 5.40. The first kappa shape index (κ1) is 16.4. The highest BCUT2D eigenvalue weighted by Gasteiger charge is 2.13. The molecule has 0 fully saturated rings. The number of halogens is 2. The van der Waals surface area contributed by atoms with Crippen LogP contribution in [0, 0.1) is 25.5 Å². The van der Waals surface area contributed by atoms with E-state index < -0.39 is 0 Å². The van der Waals surface area contributed by atoms with Crippen molar-refractivity contribution < 1.29 is 8.78 Å². The maximum atomic E-state index is 14.2. The summed E-state index contributed by atoms with van der Waals surface area (Å²) >= 11 is 0. The molecule has 1 heterocycles. The molecule has 1 aromatic heterocycles. The van der Waals surface area contributed by atoms with E-state index in [0.29, 0.717) is 11.1 Å². The van der Waals surface area contributed by atoms with Crippen molar-refractivity contribution >= 4 is 10.9 Å².